The zero-order chi connectivity index (χ0) is 21.8. The summed E-state index contributed by atoms with van der Waals surface area (Å²) in [6, 6.07) is 9.69. The molecule has 0 bridgehead atoms. The van der Waals surface area contributed by atoms with E-state index in [9.17, 15) is 14.0 Å². The first-order valence-corrected chi connectivity index (χ1v) is 8.98. The number of halogens is 2. The number of amides is 1. The summed E-state index contributed by atoms with van der Waals surface area (Å²) in [6.45, 7) is 1.72. The van der Waals surface area contributed by atoms with E-state index in [0.29, 0.717) is 16.3 Å². The van der Waals surface area contributed by atoms with Crippen LogP contribution in [0.25, 0.3) is 0 Å². The molecule has 0 aliphatic carbocycles. The Balaban J connectivity index is 1.90. The topological polar surface area (TPSA) is 97.8 Å². The molecule has 2 N–H and O–H groups in total. The van der Waals surface area contributed by atoms with Gasteiger partial charge >= 0.3 is 5.97 Å². The Morgan fingerprint density at radius 1 is 1.13 bits per heavy atom. The van der Waals surface area contributed by atoms with E-state index in [0.717, 1.165) is 6.07 Å². The van der Waals surface area contributed by atoms with Gasteiger partial charge in [-0.05, 0) is 42.8 Å². The summed E-state index contributed by atoms with van der Waals surface area (Å²) in [5.74, 6) is -2.02. The van der Waals surface area contributed by atoms with Crippen molar-refractivity contribution in [2.24, 2.45) is 0 Å². The van der Waals surface area contributed by atoms with Crippen molar-refractivity contribution < 1.29 is 28.6 Å². The molecule has 0 atom stereocenters. The van der Waals surface area contributed by atoms with Gasteiger partial charge in [0.15, 0.2) is 11.6 Å². The van der Waals surface area contributed by atoms with E-state index in [1.165, 1.54) is 49.7 Å². The minimum absolute atomic E-state index is 0.0552. The fourth-order valence-corrected chi connectivity index (χ4v) is 2.71. The number of carboxylic acid groups (broad SMARTS) is 1. The van der Waals surface area contributed by atoms with Gasteiger partial charge in [-0.25, -0.2) is 14.2 Å². The van der Waals surface area contributed by atoms with Crippen LogP contribution in [-0.2, 0) is 0 Å². The Hall–Kier alpha value is -3.65. The third-order valence-electron chi connectivity index (χ3n) is 4.10. The van der Waals surface area contributed by atoms with Crippen molar-refractivity contribution in [1.29, 1.82) is 0 Å². The summed E-state index contributed by atoms with van der Waals surface area (Å²) in [6.07, 6.45) is 1.23. The zero-order valence-electron chi connectivity index (χ0n) is 15.9. The first kappa shape index (κ1) is 21.1. The molecule has 0 aliphatic rings. The second-order valence-electron chi connectivity index (χ2n) is 6.19. The molecular weight excluding hydrogens is 415 g/mol. The monoisotopic (exact) mass is 430 g/mol. The van der Waals surface area contributed by atoms with E-state index in [2.05, 4.69) is 10.3 Å². The molecule has 0 saturated carbocycles. The number of anilines is 1. The molecule has 0 spiro atoms. The van der Waals surface area contributed by atoms with E-state index in [1.54, 1.807) is 6.92 Å². The number of aryl methyl sites for hydroxylation is 1. The molecule has 2 aromatic carbocycles. The highest BCUT2D eigenvalue weighted by molar-refractivity contribution is 6.31. The first-order chi connectivity index (χ1) is 14.3. The van der Waals surface area contributed by atoms with Gasteiger partial charge in [0.1, 0.15) is 17.2 Å². The molecule has 0 radical (unpaired) electrons. The van der Waals surface area contributed by atoms with Crippen LogP contribution in [-0.4, -0.2) is 29.1 Å². The van der Waals surface area contributed by atoms with E-state index in [-0.39, 0.29) is 28.5 Å². The number of ether oxygens (including phenoxy) is 2. The maximum Gasteiger partial charge on any atom is 0.354 e. The van der Waals surface area contributed by atoms with E-state index < -0.39 is 17.7 Å². The molecule has 1 heterocycles. The van der Waals surface area contributed by atoms with Crippen LogP contribution in [0, 0.1) is 12.7 Å². The number of aromatic carboxylic acids is 1. The summed E-state index contributed by atoms with van der Waals surface area (Å²) in [4.78, 5) is 27.4. The van der Waals surface area contributed by atoms with Gasteiger partial charge in [-0.15, -0.1) is 0 Å². The van der Waals surface area contributed by atoms with Gasteiger partial charge in [0.25, 0.3) is 5.91 Å². The van der Waals surface area contributed by atoms with Crippen molar-refractivity contribution in [1.82, 2.24) is 4.98 Å². The summed E-state index contributed by atoms with van der Waals surface area (Å²) < 4.78 is 24.6. The Morgan fingerprint density at radius 3 is 2.50 bits per heavy atom. The van der Waals surface area contributed by atoms with Gasteiger partial charge in [-0.2, -0.15) is 0 Å². The minimum Gasteiger partial charge on any atom is -0.494 e. The van der Waals surface area contributed by atoms with Gasteiger partial charge in [-0.3, -0.25) is 4.79 Å². The number of hydrogen-bond acceptors (Lipinski definition) is 5. The van der Waals surface area contributed by atoms with E-state index in [4.69, 9.17) is 26.2 Å². The molecule has 1 amide bonds. The highest BCUT2D eigenvalue weighted by Gasteiger charge is 2.17. The lowest BCUT2D eigenvalue weighted by Gasteiger charge is -2.14. The van der Waals surface area contributed by atoms with E-state index in [1.807, 2.05) is 0 Å². The number of carbonyl (C=O) groups is 2. The molecule has 0 unspecified atom stereocenters. The Labute approximate surface area is 176 Å². The third kappa shape index (κ3) is 4.66. The van der Waals surface area contributed by atoms with Crippen LogP contribution >= 0.6 is 11.6 Å². The molecule has 1 aromatic heterocycles. The maximum atomic E-state index is 14.0. The average molecular weight is 431 g/mol. The number of nitrogens with one attached hydrogen (secondary N) is 1. The van der Waals surface area contributed by atoms with Crippen LogP contribution in [0.4, 0.5) is 10.1 Å². The second-order valence-corrected chi connectivity index (χ2v) is 6.59. The van der Waals surface area contributed by atoms with E-state index >= 15 is 0 Å². The molecule has 30 heavy (non-hydrogen) atoms. The molecule has 9 heteroatoms. The largest absolute Gasteiger partial charge is 0.494 e. The predicted octanol–water partition coefficient (Wildman–Crippen LogP) is 4.93. The summed E-state index contributed by atoms with van der Waals surface area (Å²) in [5.41, 5.74) is 0.921. The predicted molar refractivity (Wildman–Crippen MR) is 108 cm³/mol. The Morgan fingerprint density at radius 2 is 1.90 bits per heavy atom. The number of hydrogen-bond donors (Lipinski definition) is 2. The lowest BCUT2D eigenvalue weighted by molar-refractivity contribution is 0.0690. The van der Waals surface area contributed by atoms with Crippen LogP contribution in [0.3, 0.4) is 0 Å². The molecule has 154 valence electrons. The SMILES string of the molecule is COc1ccc(Oc2cc(Cl)c(C)cc2C(=O)Nc2ccc(C(=O)O)nc2)cc1F. The lowest BCUT2D eigenvalue weighted by Crippen LogP contribution is -2.14. The molecule has 3 aromatic rings. The highest BCUT2D eigenvalue weighted by Crippen LogP contribution is 2.33. The van der Waals surface area contributed by atoms with Crippen molar-refractivity contribution in [2.45, 2.75) is 6.92 Å². The normalized spacial score (nSPS) is 10.4. The summed E-state index contributed by atoms with van der Waals surface area (Å²) >= 11 is 6.17. The highest BCUT2D eigenvalue weighted by atomic mass is 35.5. The van der Waals surface area contributed by atoms with Crippen molar-refractivity contribution in [2.75, 3.05) is 12.4 Å². The van der Waals surface area contributed by atoms with Crippen LogP contribution < -0.4 is 14.8 Å². The molecule has 7 nitrogen and oxygen atoms in total. The van der Waals surface area contributed by atoms with Crippen LogP contribution in [0.2, 0.25) is 5.02 Å². The fourth-order valence-electron chi connectivity index (χ4n) is 2.56. The van der Waals surface area contributed by atoms with Gasteiger partial charge < -0.3 is 19.9 Å². The molecule has 0 fully saturated rings. The zero-order valence-corrected chi connectivity index (χ0v) is 16.7. The number of methoxy groups -OCH3 is 1. The second kappa shape index (κ2) is 8.79. The fraction of sp³-hybridized carbons (Fsp3) is 0.0952. The maximum absolute atomic E-state index is 14.0. The van der Waals surface area contributed by atoms with Crippen molar-refractivity contribution >= 4 is 29.2 Å². The summed E-state index contributed by atoms with van der Waals surface area (Å²) in [7, 11) is 1.35. The lowest BCUT2D eigenvalue weighted by atomic mass is 10.1. The van der Waals surface area contributed by atoms with Crippen molar-refractivity contribution in [3.8, 4) is 17.2 Å². The van der Waals surface area contributed by atoms with Gasteiger partial charge in [-0.1, -0.05) is 11.6 Å². The smallest absolute Gasteiger partial charge is 0.354 e. The van der Waals surface area contributed by atoms with Gasteiger partial charge in [0.2, 0.25) is 0 Å². The van der Waals surface area contributed by atoms with Crippen molar-refractivity contribution in [3.63, 3.8) is 0 Å². The van der Waals surface area contributed by atoms with Crippen molar-refractivity contribution in [3.05, 3.63) is 76.3 Å². The molecule has 0 saturated heterocycles. The first-order valence-electron chi connectivity index (χ1n) is 8.60. The van der Waals surface area contributed by atoms with Crippen LogP contribution in [0.5, 0.6) is 17.2 Å². The number of pyridine rings is 1. The van der Waals surface area contributed by atoms with Gasteiger partial charge in [0.05, 0.1) is 24.6 Å². The number of carboxylic acids is 1. The summed E-state index contributed by atoms with van der Waals surface area (Å²) in [5, 5.41) is 11.9. The average Bonchev–Trinajstić information content (AvgIpc) is 2.71. The number of rotatable bonds is 6. The molecule has 3 rings (SSSR count). The van der Waals surface area contributed by atoms with Crippen LogP contribution in [0.15, 0.2) is 48.7 Å². The van der Waals surface area contributed by atoms with Crippen LogP contribution in [0.1, 0.15) is 26.4 Å². The minimum atomic E-state index is -1.18. The quantitative estimate of drug-likeness (QED) is 0.575. The standard InChI is InChI=1S/C21H16ClFN2O5/c1-11-7-14(20(26)25-12-3-5-17(21(27)28)24-10-12)19(9-15(11)22)30-13-4-6-18(29-2)16(23)8-13/h3-10H,1-2H3,(H,25,26)(H,27,28). The number of carbonyl (C=O) groups excluding carboxylic acids is 1. The van der Waals surface area contributed by atoms with Gasteiger partial charge in [0, 0.05) is 17.2 Å². The number of aromatic nitrogens is 1. The Bertz CT molecular complexity index is 1120. The Kier molecular flexibility index (Phi) is 6.17. The number of benzene rings is 2. The molecule has 0 aliphatic heterocycles. The molecular formula is C21H16ClFN2O5. The number of nitrogens with zero attached hydrogens (tertiary/aromatic N) is 1. The third-order valence-corrected chi connectivity index (χ3v) is 4.50.